The molecule has 2 fully saturated rings. The summed E-state index contributed by atoms with van der Waals surface area (Å²) in [6, 6.07) is 3.45. The molecule has 6 heteroatoms. The molecule has 0 aromatic heterocycles. The summed E-state index contributed by atoms with van der Waals surface area (Å²) in [5.74, 6) is -1.68. The maximum absolute atomic E-state index is 13.6. The molecule has 1 saturated carbocycles. The third kappa shape index (κ3) is 2.53. The van der Waals surface area contributed by atoms with Gasteiger partial charge in [-0.3, -0.25) is 19.7 Å². The second-order valence-corrected chi connectivity index (χ2v) is 5.54. The number of imide groups is 1. The molecule has 0 unspecified atom stereocenters. The van der Waals surface area contributed by atoms with E-state index in [1.807, 2.05) is 0 Å². The molecular formula is C15H15FN2O3. The van der Waals surface area contributed by atoms with Crippen LogP contribution in [0.2, 0.25) is 0 Å². The van der Waals surface area contributed by atoms with Crippen LogP contribution in [0, 0.1) is 12.7 Å². The molecule has 3 amide bonds. The summed E-state index contributed by atoms with van der Waals surface area (Å²) in [6.45, 7) is 1.62. The average molecular weight is 290 g/mol. The molecule has 0 bridgehead atoms. The Morgan fingerprint density at radius 1 is 1.33 bits per heavy atom. The smallest absolute Gasteiger partial charge is 0.254 e. The Hall–Kier alpha value is -2.24. The number of hydrogen-bond acceptors (Lipinski definition) is 3. The van der Waals surface area contributed by atoms with Crippen molar-refractivity contribution in [1.29, 1.82) is 0 Å². The van der Waals surface area contributed by atoms with E-state index >= 15 is 0 Å². The van der Waals surface area contributed by atoms with Gasteiger partial charge < -0.3 is 4.90 Å². The van der Waals surface area contributed by atoms with E-state index in [-0.39, 0.29) is 23.9 Å². The molecule has 1 aromatic carbocycles. The minimum Gasteiger partial charge on any atom is -0.323 e. The standard InChI is InChI=1S/C15H15FN2O3/c1-8-2-3-9(6-11(8)16)15(21)18(10-4-5-10)12-7-13(19)17-14(12)20/h2-3,6,10,12H,4-5,7H2,1H3,(H,17,19,20)/t12-/m0/s1. The Morgan fingerprint density at radius 2 is 2.05 bits per heavy atom. The van der Waals surface area contributed by atoms with Crippen LogP contribution in [0.5, 0.6) is 0 Å². The van der Waals surface area contributed by atoms with Gasteiger partial charge in [-0.25, -0.2) is 4.39 Å². The quantitative estimate of drug-likeness (QED) is 0.849. The van der Waals surface area contributed by atoms with E-state index in [1.165, 1.54) is 17.0 Å². The molecule has 1 atom stereocenters. The van der Waals surface area contributed by atoms with Crippen molar-refractivity contribution < 1.29 is 18.8 Å². The topological polar surface area (TPSA) is 66.5 Å². The first kappa shape index (κ1) is 13.7. The van der Waals surface area contributed by atoms with E-state index in [4.69, 9.17) is 0 Å². The Balaban J connectivity index is 1.90. The second-order valence-electron chi connectivity index (χ2n) is 5.54. The van der Waals surface area contributed by atoms with Crippen LogP contribution in [-0.2, 0) is 9.59 Å². The van der Waals surface area contributed by atoms with Crippen molar-refractivity contribution in [3.05, 3.63) is 35.1 Å². The molecule has 3 rings (SSSR count). The number of hydrogen-bond donors (Lipinski definition) is 1. The predicted molar refractivity (Wildman–Crippen MR) is 71.9 cm³/mol. The van der Waals surface area contributed by atoms with Gasteiger partial charge in [0.2, 0.25) is 11.8 Å². The van der Waals surface area contributed by atoms with Crippen LogP contribution in [0.25, 0.3) is 0 Å². The number of carbonyl (C=O) groups is 3. The number of benzene rings is 1. The van der Waals surface area contributed by atoms with Crippen molar-refractivity contribution >= 4 is 17.7 Å². The van der Waals surface area contributed by atoms with Crippen molar-refractivity contribution in [2.45, 2.75) is 38.3 Å². The molecule has 1 N–H and O–H groups in total. The first-order chi connectivity index (χ1) is 9.97. The van der Waals surface area contributed by atoms with Gasteiger partial charge >= 0.3 is 0 Å². The van der Waals surface area contributed by atoms with Gasteiger partial charge in [-0.15, -0.1) is 0 Å². The minimum absolute atomic E-state index is 0.0184. The SMILES string of the molecule is Cc1ccc(C(=O)N(C2CC2)[C@H]2CC(=O)NC2=O)cc1F. The molecular weight excluding hydrogens is 275 g/mol. The normalized spacial score (nSPS) is 21.3. The van der Waals surface area contributed by atoms with Crippen molar-refractivity contribution in [2.24, 2.45) is 0 Å². The predicted octanol–water partition coefficient (Wildman–Crippen LogP) is 1.15. The summed E-state index contributed by atoms with van der Waals surface area (Å²) in [5, 5.41) is 2.21. The minimum atomic E-state index is -0.776. The highest BCUT2D eigenvalue weighted by atomic mass is 19.1. The molecule has 21 heavy (non-hydrogen) atoms. The van der Waals surface area contributed by atoms with Crippen LogP contribution in [0.15, 0.2) is 18.2 Å². The van der Waals surface area contributed by atoms with Gasteiger partial charge in [-0.2, -0.15) is 0 Å². The Morgan fingerprint density at radius 3 is 2.57 bits per heavy atom. The van der Waals surface area contributed by atoms with Gasteiger partial charge in [-0.1, -0.05) is 6.07 Å². The number of amides is 3. The van der Waals surface area contributed by atoms with Gasteiger partial charge in [0.05, 0.1) is 6.42 Å². The maximum Gasteiger partial charge on any atom is 0.254 e. The number of carbonyl (C=O) groups excluding carboxylic acids is 3. The van der Waals surface area contributed by atoms with Gasteiger partial charge in [0, 0.05) is 11.6 Å². The number of halogens is 1. The van der Waals surface area contributed by atoms with Crippen LogP contribution in [0.4, 0.5) is 4.39 Å². The van der Waals surface area contributed by atoms with Crippen LogP contribution in [0.1, 0.15) is 35.2 Å². The summed E-state index contributed by atoms with van der Waals surface area (Å²) in [7, 11) is 0. The zero-order valence-corrected chi connectivity index (χ0v) is 11.6. The zero-order valence-electron chi connectivity index (χ0n) is 11.6. The van der Waals surface area contributed by atoms with E-state index in [0.717, 1.165) is 12.8 Å². The zero-order chi connectivity index (χ0) is 15.1. The molecule has 1 aliphatic carbocycles. The van der Waals surface area contributed by atoms with Gasteiger partial charge in [-0.05, 0) is 37.5 Å². The molecule has 1 heterocycles. The Labute approximate surface area is 121 Å². The Bertz CT molecular complexity index is 640. The molecule has 1 aromatic rings. The summed E-state index contributed by atoms with van der Waals surface area (Å²) >= 11 is 0. The van der Waals surface area contributed by atoms with Crippen LogP contribution < -0.4 is 5.32 Å². The number of nitrogens with zero attached hydrogens (tertiary/aromatic N) is 1. The lowest BCUT2D eigenvalue weighted by Crippen LogP contribution is -2.46. The third-order valence-electron chi connectivity index (χ3n) is 3.87. The van der Waals surface area contributed by atoms with Crippen LogP contribution >= 0.6 is 0 Å². The summed E-state index contributed by atoms with van der Waals surface area (Å²) in [4.78, 5) is 37.2. The third-order valence-corrected chi connectivity index (χ3v) is 3.87. The largest absolute Gasteiger partial charge is 0.323 e. The lowest BCUT2D eigenvalue weighted by atomic mass is 10.1. The highest BCUT2D eigenvalue weighted by Gasteiger charge is 2.44. The summed E-state index contributed by atoms with van der Waals surface area (Å²) in [6.07, 6.45) is 1.59. The summed E-state index contributed by atoms with van der Waals surface area (Å²) < 4.78 is 13.6. The van der Waals surface area contributed by atoms with Crippen LogP contribution in [0.3, 0.4) is 0 Å². The molecule has 1 aliphatic heterocycles. The average Bonchev–Trinajstić information content (AvgIpc) is 3.20. The first-order valence-corrected chi connectivity index (χ1v) is 6.90. The van der Waals surface area contributed by atoms with E-state index in [2.05, 4.69) is 5.32 Å². The lowest BCUT2D eigenvalue weighted by molar-refractivity contribution is -0.126. The van der Waals surface area contributed by atoms with Crippen LogP contribution in [-0.4, -0.2) is 34.7 Å². The van der Waals surface area contributed by atoms with Crippen molar-refractivity contribution in [3.63, 3.8) is 0 Å². The first-order valence-electron chi connectivity index (χ1n) is 6.90. The van der Waals surface area contributed by atoms with Crippen molar-refractivity contribution in [1.82, 2.24) is 10.2 Å². The van der Waals surface area contributed by atoms with Crippen molar-refractivity contribution in [3.8, 4) is 0 Å². The number of aryl methyl sites for hydroxylation is 1. The van der Waals surface area contributed by atoms with Crippen molar-refractivity contribution in [2.75, 3.05) is 0 Å². The molecule has 110 valence electrons. The number of rotatable bonds is 3. The fraction of sp³-hybridized carbons (Fsp3) is 0.400. The highest BCUT2D eigenvalue weighted by Crippen LogP contribution is 2.32. The van der Waals surface area contributed by atoms with Gasteiger partial charge in [0.25, 0.3) is 5.91 Å². The van der Waals surface area contributed by atoms with E-state index in [1.54, 1.807) is 13.0 Å². The molecule has 5 nitrogen and oxygen atoms in total. The highest BCUT2D eigenvalue weighted by molar-refractivity contribution is 6.08. The van der Waals surface area contributed by atoms with E-state index in [0.29, 0.717) is 5.56 Å². The Kier molecular flexibility index (Phi) is 3.23. The molecule has 2 aliphatic rings. The molecule has 1 saturated heterocycles. The van der Waals surface area contributed by atoms with Gasteiger partial charge in [0.15, 0.2) is 0 Å². The second kappa shape index (κ2) is 4.95. The maximum atomic E-state index is 13.6. The van der Waals surface area contributed by atoms with E-state index in [9.17, 15) is 18.8 Å². The van der Waals surface area contributed by atoms with Gasteiger partial charge in [0.1, 0.15) is 11.9 Å². The fourth-order valence-corrected chi connectivity index (χ4v) is 2.55. The van der Waals surface area contributed by atoms with E-state index < -0.39 is 23.7 Å². The molecule has 0 radical (unpaired) electrons. The lowest BCUT2D eigenvalue weighted by Gasteiger charge is -2.26. The fourth-order valence-electron chi connectivity index (χ4n) is 2.55. The summed E-state index contributed by atoms with van der Waals surface area (Å²) in [5.41, 5.74) is 0.662. The monoisotopic (exact) mass is 290 g/mol. The number of nitrogens with one attached hydrogen (secondary N) is 1. The molecule has 0 spiro atoms.